The van der Waals surface area contributed by atoms with Crippen LogP contribution in [0.15, 0.2) is 33.3 Å². The van der Waals surface area contributed by atoms with Gasteiger partial charge >= 0.3 is 6.18 Å². The van der Waals surface area contributed by atoms with Gasteiger partial charge in [-0.25, -0.2) is 9.67 Å². The Labute approximate surface area is 168 Å². The van der Waals surface area contributed by atoms with Gasteiger partial charge in [0.25, 0.3) is 0 Å². The van der Waals surface area contributed by atoms with Crippen molar-refractivity contribution in [3.8, 4) is 17.7 Å². The van der Waals surface area contributed by atoms with Crippen LogP contribution in [-0.4, -0.2) is 26.2 Å². The number of fused-ring (bicyclic) bond motifs is 1. The normalized spacial score (nSPS) is 11.6. The molecular formula is C16H10Br2F3N5O. The summed E-state index contributed by atoms with van der Waals surface area (Å²) in [5.74, 6) is 0.457. The highest BCUT2D eigenvalue weighted by Gasteiger charge is 2.26. The zero-order valence-electron chi connectivity index (χ0n) is 13.5. The topological polar surface area (TPSA) is 76.6 Å². The molecule has 140 valence electrons. The summed E-state index contributed by atoms with van der Waals surface area (Å²) in [4.78, 5) is 4.04. The molecule has 0 saturated carbocycles. The Morgan fingerprint density at radius 2 is 2.07 bits per heavy atom. The molecule has 11 heteroatoms. The Kier molecular flexibility index (Phi) is 5.67. The van der Waals surface area contributed by atoms with E-state index >= 15 is 0 Å². The van der Waals surface area contributed by atoms with Gasteiger partial charge in [-0.1, -0.05) is 5.21 Å². The smallest absolute Gasteiger partial charge is 0.389 e. The number of rotatable bonds is 5. The lowest BCUT2D eigenvalue weighted by molar-refractivity contribution is -0.136. The number of benzene rings is 1. The molecular weight excluding hydrogens is 495 g/mol. The summed E-state index contributed by atoms with van der Waals surface area (Å²) >= 11 is 6.76. The highest BCUT2D eigenvalue weighted by atomic mass is 79.9. The maximum Gasteiger partial charge on any atom is 0.389 e. The van der Waals surface area contributed by atoms with E-state index in [0.29, 0.717) is 25.7 Å². The van der Waals surface area contributed by atoms with Crippen molar-refractivity contribution < 1.29 is 17.9 Å². The summed E-state index contributed by atoms with van der Waals surface area (Å²) < 4.78 is 45.1. The molecule has 0 amide bonds. The molecule has 0 atom stereocenters. The number of nitriles is 1. The molecule has 0 aliphatic heterocycles. The second-order valence-corrected chi connectivity index (χ2v) is 7.12. The summed E-state index contributed by atoms with van der Waals surface area (Å²) in [5.41, 5.74) is 1.23. The third-order valence-corrected chi connectivity index (χ3v) is 4.91. The molecule has 2 aromatic heterocycles. The van der Waals surface area contributed by atoms with Gasteiger partial charge in [0.15, 0.2) is 5.75 Å². The summed E-state index contributed by atoms with van der Waals surface area (Å²) in [5, 5.41) is 17.1. The van der Waals surface area contributed by atoms with E-state index < -0.39 is 12.6 Å². The minimum Gasteiger partial charge on any atom is -0.435 e. The van der Waals surface area contributed by atoms with Gasteiger partial charge in [0.2, 0.25) is 5.88 Å². The number of alkyl halides is 3. The molecule has 3 rings (SSSR count). The van der Waals surface area contributed by atoms with Gasteiger partial charge in [0.1, 0.15) is 17.1 Å². The summed E-state index contributed by atoms with van der Waals surface area (Å²) in [6, 6.07) is 6.83. The van der Waals surface area contributed by atoms with Gasteiger partial charge in [0.05, 0.1) is 14.5 Å². The van der Waals surface area contributed by atoms with Crippen molar-refractivity contribution in [2.75, 3.05) is 0 Å². The van der Waals surface area contributed by atoms with E-state index in [9.17, 15) is 13.2 Å². The number of aromatic nitrogens is 4. The molecule has 0 spiro atoms. The Morgan fingerprint density at radius 1 is 1.30 bits per heavy atom. The van der Waals surface area contributed by atoms with E-state index in [2.05, 4.69) is 47.2 Å². The van der Waals surface area contributed by atoms with Crippen molar-refractivity contribution in [1.82, 2.24) is 20.0 Å². The first kappa shape index (κ1) is 19.6. The fourth-order valence-electron chi connectivity index (χ4n) is 2.36. The highest BCUT2D eigenvalue weighted by Crippen LogP contribution is 2.41. The second-order valence-electron chi connectivity index (χ2n) is 5.47. The third-order valence-electron chi connectivity index (χ3n) is 3.58. The Hall–Kier alpha value is -2.19. The fourth-order valence-corrected chi connectivity index (χ4v) is 3.70. The van der Waals surface area contributed by atoms with Crippen molar-refractivity contribution in [1.29, 1.82) is 5.26 Å². The molecule has 0 radical (unpaired) electrons. The van der Waals surface area contributed by atoms with Crippen molar-refractivity contribution in [2.24, 2.45) is 0 Å². The van der Waals surface area contributed by atoms with Crippen LogP contribution >= 0.6 is 31.9 Å². The minimum atomic E-state index is -4.21. The first-order valence-electron chi connectivity index (χ1n) is 7.61. The second kappa shape index (κ2) is 7.82. The molecule has 6 nitrogen and oxygen atoms in total. The predicted molar refractivity (Wildman–Crippen MR) is 97.2 cm³/mol. The minimum absolute atomic E-state index is 0.0773. The third kappa shape index (κ3) is 4.39. The Morgan fingerprint density at radius 3 is 2.78 bits per heavy atom. The Bertz CT molecular complexity index is 1030. The van der Waals surface area contributed by atoms with Crippen LogP contribution in [0.3, 0.4) is 0 Å². The van der Waals surface area contributed by atoms with Crippen LogP contribution in [0.2, 0.25) is 0 Å². The molecule has 0 saturated heterocycles. The average molecular weight is 505 g/mol. The maximum absolute atomic E-state index is 12.3. The van der Waals surface area contributed by atoms with Crippen molar-refractivity contribution >= 4 is 42.9 Å². The highest BCUT2D eigenvalue weighted by molar-refractivity contribution is 9.11. The van der Waals surface area contributed by atoms with Crippen molar-refractivity contribution in [3.63, 3.8) is 0 Å². The molecule has 27 heavy (non-hydrogen) atoms. The summed E-state index contributed by atoms with van der Waals surface area (Å²) in [6.45, 7) is 0.0773. The van der Waals surface area contributed by atoms with E-state index in [4.69, 9.17) is 10.00 Å². The standard InChI is InChI=1S/C16H10Br2F3N5O/c17-10-7-11-13(24-25-26(11)6-2-4-16(19,20)21)12(18)14(10)27-15-9(8-22)3-1-5-23-15/h1,3,5,7H,2,4,6H2. The van der Waals surface area contributed by atoms with E-state index in [1.54, 1.807) is 18.2 Å². The number of hydrogen-bond donors (Lipinski definition) is 0. The first-order valence-corrected chi connectivity index (χ1v) is 9.19. The number of ether oxygens (including phenoxy) is 1. The SMILES string of the molecule is N#Cc1cccnc1Oc1c(Br)cc2c(nnn2CCCC(F)(F)F)c1Br. The molecule has 0 aliphatic carbocycles. The average Bonchev–Trinajstić information content (AvgIpc) is 3.01. The van der Waals surface area contributed by atoms with E-state index in [0.717, 1.165) is 0 Å². The van der Waals surface area contributed by atoms with Crippen molar-refractivity contribution in [2.45, 2.75) is 25.6 Å². The van der Waals surface area contributed by atoms with E-state index in [1.165, 1.54) is 10.9 Å². The number of nitrogens with zero attached hydrogens (tertiary/aromatic N) is 5. The van der Waals surface area contributed by atoms with Gasteiger partial charge < -0.3 is 4.74 Å². The maximum atomic E-state index is 12.3. The number of halogens is 5. The monoisotopic (exact) mass is 503 g/mol. The van der Waals surface area contributed by atoms with Gasteiger partial charge in [-0.3, -0.25) is 0 Å². The van der Waals surface area contributed by atoms with Crippen LogP contribution < -0.4 is 4.74 Å². The lowest BCUT2D eigenvalue weighted by Gasteiger charge is -2.11. The zero-order valence-corrected chi connectivity index (χ0v) is 16.6. The quantitative estimate of drug-likeness (QED) is 0.467. The van der Waals surface area contributed by atoms with Gasteiger partial charge in [-0.05, 0) is 56.5 Å². The lowest BCUT2D eigenvalue weighted by atomic mass is 10.2. The van der Waals surface area contributed by atoms with Gasteiger partial charge in [0, 0.05) is 19.2 Å². The summed E-state index contributed by atoms with van der Waals surface area (Å²) in [6.07, 6.45) is -3.71. The van der Waals surface area contributed by atoms with Crippen LogP contribution in [0.1, 0.15) is 18.4 Å². The molecule has 0 N–H and O–H groups in total. The Balaban J connectivity index is 1.92. The molecule has 0 bridgehead atoms. The fraction of sp³-hybridized carbons (Fsp3) is 0.250. The largest absolute Gasteiger partial charge is 0.435 e. The lowest BCUT2D eigenvalue weighted by Crippen LogP contribution is -2.10. The zero-order chi connectivity index (χ0) is 19.6. The number of pyridine rings is 1. The molecule has 0 aliphatic rings. The van der Waals surface area contributed by atoms with Crippen LogP contribution in [0.4, 0.5) is 13.2 Å². The molecule has 0 unspecified atom stereocenters. The molecule has 3 aromatic rings. The van der Waals surface area contributed by atoms with Crippen molar-refractivity contribution in [3.05, 3.63) is 38.9 Å². The molecule has 1 aromatic carbocycles. The first-order chi connectivity index (χ1) is 12.8. The summed E-state index contributed by atoms with van der Waals surface area (Å²) in [7, 11) is 0. The molecule has 0 fully saturated rings. The van der Waals surface area contributed by atoms with Gasteiger partial charge in [-0.2, -0.15) is 18.4 Å². The number of hydrogen-bond acceptors (Lipinski definition) is 5. The van der Waals surface area contributed by atoms with E-state index in [1.807, 2.05) is 6.07 Å². The predicted octanol–water partition coefficient (Wildman–Crippen LogP) is 5.36. The van der Waals surface area contributed by atoms with Gasteiger partial charge in [-0.15, -0.1) is 5.10 Å². The van der Waals surface area contributed by atoms with Crippen LogP contribution in [0.5, 0.6) is 11.6 Å². The van der Waals surface area contributed by atoms with Crippen LogP contribution in [0, 0.1) is 11.3 Å². The van der Waals surface area contributed by atoms with Crippen LogP contribution in [0.25, 0.3) is 11.0 Å². The van der Waals surface area contributed by atoms with Crippen LogP contribution in [-0.2, 0) is 6.54 Å². The van der Waals surface area contributed by atoms with E-state index in [-0.39, 0.29) is 24.4 Å². The molecule has 2 heterocycles. The number of aryl methyl sites for hydroxylation is 1.